The van der Waals surface area contributed by atoms with E-state index in [2.05, 4.69) is 11.9 Å². The molecule has 0 aromatic rings. The number of rotatable bonds is 8. The Bertz CT molecular complexity index is 81.9. The van der Waals surface area contributed by atoms with Gasteiger partial charge in [0.1, 0.15) is 0 Å². The van der Waals surface area contributed by atoms with E-state index < -0.39 is 0 Å². The van der Waals surface area contributed by atoms with E-state index in [9.17, 15) is 0 Å². The second-order valence-corrected chi connectivity index (χ2v) is 5.95. The van der Waals surface area contributed by atoms with Gasteiger partial charge in [-0.05, 0) is 0 Å². The van der Waals surface area contributed by atoms with Gasteiger partial charge in [0.05, 0.1) is 0 Å². The van der Waals surface area contributed by atoms with Crippen molar-refractivity contribution < 1.29 is 4.74 Å². The molecule has 0 radical (unpaired) electrons. The molecule has 0 heterocycles. The molecule has 0 bridgehead atoms. The van der Waals surface area contributed by atoms with Crippen LogP contribution < -0.4 is 0 Å². The fourth-order valence-electron chi connectivity index (χ4n) is 1.25. The van der Waals surface area contributed by atoms with Gasteiger partial charge in [-0.15, -0.1) is 0 Å². The zero-order valence-electron chi connectivity index (χ0n) is 8.64. The Balaban J connectivity index is 3.06. The summed E-state index contributed by atoms with van der Waals surface area (Å²) < 4.78 is 6.00. The van der Waals surface area contributed by atoms with Crippen LogP contribution in [0.3, 0.4) is 0 Å². The third-order valence-corrected chi connectivity index (χ3v) is 4.79. The van der Waals surface area contributed by atoms with Gasteiger partial charge in [0, 0.05) is 0 Å². The van der Waals surface area contributed by atoms with Crippen LogP contribution in [0.15, 0.2) is 0 Å². The molecule has 1 nitrogen and oxygen atoms in total. The van der Waals surface area contributed by atoms with Crippen molar-refractivity contribution in [2.75, 3.05) is 7.11 Å². The van der Waals surface area contributed by atoms with Crippen LogP contribution in [-0.4, -0.2) is 32.2 Å². The average molecular weight is 286 g/mol. The van der Waals surface area contributed by atoms with Crippen molar-refractivity contribution in [3.8, 4) is 0 Å². The quantitative estimate of drug-likeness (QED) is 0.492. The predicted octanol–water partition coefficient (Wildman–Crippen LogP) is 3.07. The van der Waals surface area contributed by atoms with Gasteiger partial charge in [0.15, 0.2) is 0 Å². The van der Waals surface area contributed by atoms with E-state index in [1.54, 1.807) is 0 Å². The summed E-state index contributed by atoms with van der Waals surface area (Å²) >= 11 is 0.136. The van der Waals surface area contributed by atoms with Crippen molar-refractivity contribution >= 4 is 20.9 Å². The zero-order valence-corrected chi connectivity index (χ0v) is 11.0. The van der Waals surface area contributed by atoms with Crippen molar-refractivity contribution in [1.29, 1.82) is 0 Å². The summed E-state index contributed by atoms with van der Waals surface area (Å²) in [5, 5.41) is 0. The van der Waals surface area contributed by atoms with Crippen molar-refractivity contribution in [2.45, 2.75) is 54.6 Å². The second kappa shape index (κ2) is 9.83. The molecule has 0 N–H and O–H groups in total. The van der Waals surface area contributed by atoms with E-state index in [0.29, 0.717) is 4.15 Å². The molecule has 0 aromatic carbocycles. The molecular weight excluding hydrogens is 264 g/mol. The molecule has 1 atom stereocenters. The van der Waals surface area contributed by atoms with E-state index in [1.165, 1.54) is 38.5 Å². The van der Waals surface area contributed by atoms with Crippen LogP contribution in [0.25, 0.3) is 0 Å². The predicted molar refractivity (Wildman–Crippen MR) is 55.8 cm³/mol. The number of unbranched alkanes of at least 4 members (excludes halogenated alkanes) is 4. The Hall–Kier alpha value is 0.750. The van der Waals surface area contributed by atoms with E-state index in [0.717, 1.165) is 0 Å². The normalized spacial score (nSPS) is 13.2. The van der Waals surface area contributed by atoms with Gasteiger partial charge in [-0.2, -0.15) is 0 Å². The first-order valence-electron chi connectivity index (χ1n) is 4.90. The molecule has 74 valence electrons. The summed E-state index contributed by atoms with van der Waals surface area (Å²) in [6, 6.07) is 0. The molecule has 0 aliphatic rings. The van der Waals surface area contributed by atoms with Crippen molar-refractivity contribution in [2.24, 2.45) is 0 Å². The van der Waals surface area contributed by atoms with E-state index in [-0.39, 0.29) is 20.9 Å². The summed E-state index contributed by atoms with van der Waals surface area (Å²) in [5.74, 6) is 0. The monoisotopic (exact) mass is 288 g/mol. The van der Waals surface area contributed by atoms with Crippen LogP contribution in [0.2, 0.25) is 4.97 Å². The number of ether oxygens (including phenoxy) is 1. The Kier molecular flexibility index (Phi) is 10.4. The Labute approximate surface area is 87.3 Å². The topological polar surface area (TPSA) is 9.23 Å². The van der Waals surface area contributed by atoms with Gasteiger partial charge in [0.25, 0.3) is 0 Å². The third kappa shape index (κ3) is 7.40. The zero-order chi connectivity index (χ0) is 9.23. The minimum absolute atomic E-state index is 0.136. The minimum atomic E-state index is 0.136. The van der Waals surface area contributed by atoms with Gasteiger partial charge >= 0.3 is 87.3 Å². The molecule has 12 heavy (non-hydrogen) atoms. The van der Waals surface area contributed by atoms with Crippen LogP contribution in [0.4, 0.5) is 0 Å². The van der Waals surface area contributed by atoms with Gasteiger partial charge in [-0.1, -0.05) is 0 Å². The van der Waals surface area contributed by atoms with E-state index in [4.69, 9.17) is 4.74 Å². The molecular formula is C10H22OTe. The first-order valence-corrected chi connectivity index (χ1v) is 8.58. The molecule has 0 aliphatic heterocycles. The molecule has 0 aliphatic carbocycles. The van der Waals surface area contributed by atoms with E-state index >= 15 is 0 Å². The maximum absolute atomic E-state index is 5.36. The third-order valence-electron chi connectivity index (χ3n) is 2.07. The van der Waals surface area contributed by atoms with E-state index in [1.807, 2.05) is 7.11 Å². The first kappa shape index (κ1) is 12.7. The first-order chi connectivity index (χ1) is 5.85. The van der Waals surface area contributed by atoms with Crippen LogP contribution in [0.1, 0.15) is 45.4 Å². The van der Waals surface area contributed by atoms with Crippen LogP contribution >= 0.6 is 0 Å². The molecule has 0 spiro atoms. The Morgan fingerprint density at radius 1 is 1.17 bits per heavy atom. The van der Waals surface area contributed by atoms with Gasteiger partial charge in [0.2, 0.25) is 0 Å². The number of methoxy groups -OCH3 is 1. The van der Waals surface area contributed by atoms with Gasteiger partial charge in [-0.25, -0.2) is 0 Å². The molecule has 0 fully saturated rings. The summed E-state index contributed by atoms with van der Waals surface area (Å²) in [6.45, 7) is 2.26. The van der Waals surface area contributed by atoms with Crippen LogP contribution in [-0.2, 0) is 4.74 Å². The molecule has 0 saturated heterocycles. The standard InChI is InChI=1S/C10H22OTe/c1-4-5-6-7-8-9-10(11-2)12-3/h10H,4-9H2,1-3H3. The van der Waals surface area contributed by atoms with Gasteiger partial charge in [-0.3, -0.25) is 0 Å². The summed E-state index contributed by atoms with van der Waals surface area (Å²) in [5.41, 5.74) is 0. The van der Waals surface area contributed by atoms with Crippen molar-refractivity contribution in [1.82, 2.24) is 0 Å². The summed E-state index contributed by atoms with van der Waals surface area (Å²) in [4.78, 5) is 2.32. The maximum atomic E-state index is 5.36. The fourth-order valence-corrected chi connectivity index (χ4v) is 2.94. The molecule has 0 saturated carbocycles. The van der Waals surface area contributed by atoms with Crippen molar-refractivity contribution in [3.63, 3.8) is 0 Å². The van der Waals surface area contributed by atoms with Crippen molar-refractivity contribution in [3.05, 3.63) is 0 Å². The molecule has 2 heteroatoms. The molecule has 0 amide bonds. The van der Waals surface area contributed by atoms with Gasteiger partial charge < -0.3 is 0 Å². The molecule has 0 rings (SSSR count). The average Bonchev–Trinajstić information content (AvgIpc) is 2.11. The van der Waals surface area contributed by atoms with Crippen LogP contribution in [0.5, 0.6) is 0 Å². The number of hydrogen-bond donors (Lipinski definition) is 0. The summed E-state index contributed by atoms with van der Waals surface area (Å²) in [6.07, 6.45) is 8.24. The summed E-state index contributed by atoms with van der Waals surface area (Å²) in [7, 11) is 1.85. The second-order valence-electron chi connectivity index (χ2n) is 3.10. The Morgan fingerprint density at radius 3 is 2.33 bits per heavy atom. The number of hydrogen-bond acceptors (Lipinski definition) is 1. The molecule has 1 unspecified atom stereocenters. The Morgan fingerprint density at radius 2 is 1.83 bits per heavy atom. The SMILES string of the molecule is CCCCCCCC(OC)[Te]C. The fraction of sp³-hybridized carbons (Fsp3) is 1.00. The van der Waals surface area contributed by atoms with Crippen LogP contribution in [0, 0.1) is 0 Å². The molecule has 0 aromatic heterocycles.